The molecule has 1 unspecified atom stereocenters. The van der Waals surface area contributed by atoms with Crippen molar-refractivity contribution in [3.05, 3.63) is 48.0 Å². The lowest BCUT2D eigenvalue weighted by molar-refractivity contribution is -0.128. The first-order valence-electron chi connectivity index (χ1n) is 10.7. The molecule has 0 aromatic heterocycles. The molecule has 8 nitrogen and oxygen atoms in total. The van der Waals surface area contributed by atoms with E-state index in [9.17, 15) is 14.4 Å². The molecule has 2 aromatic rings. The second-order valence-corrected chi connectivity index (χ2v) is 8.05. The van der Waals surface area contributed by atoms with E-state index < -0.39 is 5.92 Å². The Morgan fingerprint density at radius 1 is 1.06 bits per heavy atom. The van der Waals surface area contributed by atoms with Gasteiger partial charge in [0.2, 0.25) is 17.7 Å². The smallest absolute Gasteiger partial charge is 0.229 e. The largest absolute Gasteiger partial charge is 0.493 e. The van der Waals surface area contributed by atoms with Crippen LogP contribution in [0.5, 0.6) is 11.5 Å². The molecule has 1 atom stereocenters. The van der Waals surface area contributed by atoms with Crippen molar-refractivity contribution in [3.63, 3.8) is 0 Å². The zero-order valence-corrected chi connectivity index (χ0v) is 18.3. The van der Waals surface area contributed by atoms with Crippen LogP contribution in [0.3, 0.4) is 0 Å². The molecule has 0 aliphatic carbocycles. The molecule has 2 fully saturated rings. The van der Waals surface area contributed by atoms with Gasteiger partial charge in [0, 0.05) is 49.9 Å². The Morgan fingerprint density at radius 2 is 1.88 bits per heavy atom. The van der Waals surface area contributed by atoms with Gasteiger partial charge in [-0.1, -0.05) is 12.1 Å². The second kappa shape index (κ2) is 9.30. The number of methoxy groups -OCH3 is 2. The van der Waals surface area contributed by atoms with Crippen LogP contribution in [0.15, 0.2) is 42.5 Å². The average molecular weight is 437 g/mol. The Morgan fingerprint density at radius 3 is 2.59 bits per heavy atom. The van der Waals surface area contributed by atoms with Gasteiger partial charge in [-0.05, 0) is 36.2 Å². The summed E-state index contributed by atoms with van der Waals surface area (Å²) in [4.78, 5) is 40.8. The SMILES string of the molecule is COc1ccc(N2CC(C(=O)Nc3cccc(CN4CCCC4=O)c3)CC2=O)cc1OC. The highest BCUT2D eigenvalue weighted by Gasteiger charge is 2.35. The number of rotatable bonds is 7. The quantitative estimate of drug-likeness (QED) is 0.720. The number of benzene rings is 2. The maximum Gasteiger partial charge on any atom is 0.229 e. The molecule has 3 amide bonds. The van der Waals surface area contributed by atoms with Gasteiger partial charge in [0.15, 0.2) is 11.5 Å². The highest BCUT2D eigenvalue weighted by atomic mass is 16.5. The van der Waals surface area contributed by atoms with Crippen LogP contribution in [0.25, 0.3) is 0 Å². The fraction of sp³-hybridized carbons (Fsp3) is 0.375. The van der Waals surface area contributed by atoms with Crippen molar-refractivity contribution in [2.75, 3.05) is 37.5 Å². The van der Waals surface area contributed by atoms with E-state index in [0.29, 0.717) is 42.4 Å². The number of anilines is 2. The topological polar surface area (TPSA) is 88.2 Å². The number of hydrogen-bond acceptors (Lipinski definition) is 5. The zero-order valence-electron chi connectivity index (χ0n) is 18.3. The first-order valence-corrected chi connectivity index (χ1v) is 10.7. The number of carbonyl (C=O) groups excluding carboxylic acids is 3. The van der Waals surface area contributed by atoms with Crippen molar-refractivity contribution in [3.8, 4) is 11.5 Å². The van der Waals surface area contributed by atoms with Crippen LogP contribution in [-0.2, 0) is 20.9 Å². The molecule has 0 radical (unpaired) electrons. The summed E-state index contributed by atoms with van der Waals surface area (Å²) in [6.45, 7) is 1.60. The molecule has 8 heteroatoms. The normalized spacial score (nSPS) is 18.2. The van der Waals surface area contributed by atoms with Crippen molar-refractivity contribution in [1.29, 1.82) is 0 Å². The standard InChI is InChI=1S/C24H27N3O5/c1-31-20-9-8-19(13-21(20)32-2)27-15-17(12-23(27)29)24(30)25-18-6-3-5-16(11-18)14-26-10-4-7-22(26)28/h3,5-6,8-9,11,13,17H,4,7,10,12,14-15H2,1-2H3,(H,25,30). The van der Waals surface area contributed by atoms with Crippen molar-refractivity contribution in [2.45, 2.75) is 25.8 Å². The van der Waals surface area contributed by atoms with Gasteiger partial charge in [0.1, 0.15) is 0 Å². The van der Waals surface area contributed by atoms with E-state index in [1.807, 2.05) is 29.2 Å². The summed E-state index contributed by atoms with van der Waals surface area (Å²) in [5.41, 5.74) is 2.30. The van der Waals surface area contributed by atoms with E-state index in [4.69, 9.17) is 9.47 Å². The molecule has 2 aliphatic heterocycles. The van der Waals surface area contributed by atoms with Crippen LogP contribution < -0.4 is 19.7 Å². The minimum atomic E-state index is -0.459. The molecule has 2 saturated heterocycles. The van der Waals surface area contributed by atoms with Crippen LogP contribution in [0.1, 0.15) is 24.8 Å². The number of carbonyl (C=O) groups is 3. The zero-order chi connectivity index (χ0) is 22.7. The number of ether oxygens (including phenoxy) is 2. The van der Waals surface area contributed by atoms with E-state index in [1.54, 1.807) is 30.2 Å². The number of nitrogens with one attached hydrogen (secondary N) is 1. The summed E-state index contributed by atoms with van der Waals surface area (Å²) in [6.07, 6.45) is 1.63. The summed E-state index contributed by atoms with van der Waals surface area (Å²) in [5, 5.41) is 2.93. The van der Waals surface area contributed by atoms with Gasteiger partial charge in [-0.15, -0.1) is 0 Å². The predicted molar refractivity (Wildman–Crippen MR) is 120 cm³/mol. The van der Waals surface area contributed by atoms with Crippen molar-refractivity contribution >= 4 is 29.1 Å². The summed E-state index contributed by atoms with van der Waals surface area (Å²) >= 11 is 0. The van der Waals surface area contributed by atoms with E-state index >= 15 is 0 Å². The minimum Gasteiger partial charge on any atom is -0.493 e. The molecule has 0 spiro atoms. The van der Waals surface area contributed by atoms with Gasteiger partial charge < -0.3 is 24.6 Å². The second-order valence-electron chi connectivity index (χ2n) is 8.05. The molecule has 4 rings (SSSR count). The molecule has 0 saturated carbocycles. The van der Waals surface area contributed by atoms with Gasteiger partial charge in [-0.3, -0.25) is 14.4 Å². The Kier molecular flexibility index (Phi) is 6.30. The Hall–Kier alpha value is -3.55. The van der Waals surface area contributed by atoms with Gasteiger partial charge in [-0.25, -0.2) is 0 Å². The predicted octanol–water partition coefficient (Wildman–Crippen LogP) is 2.82. The van der Waals surface area contributed by atoms with Crippen LogP contribution in [-0.4, -0.2) is 49.9 Å². The first-order chi connectivity index (χ1) is 15.5. The average Bonchev–Trinajstić information content (AvgIpc) is 3.38. The lowest BCUT2D eigenvalue weighted by Crippen LogP contribution is -2.28. The molecule has 168 valence electrons. The third kappa shape index (κ3) is 4.54. The lowest BCUT2D eigenvalue weighted by atomic mass is 10.1. The Balaban J connectivity index is 1.41. The van der Waals surface area contributed by atoms with Crippen molar-refractivity contribution < 1.29 is 23.9 Å². The monoisotopic (exact) mass is 437 g/mol. The summed E-state index contributed by atoms with van der Waals surface area (Å²) < 4.78 is 10.6. The summed E-state index contributed by atoms with van der Waals surface area (Å²) in [5.74, 6) is 0.500. The fourth-order valence-corrected chi connectivity index (χ4v) is 4.21. The molecule has 0 bridgehead atoms. The summed E-state index contributed by atoms with van der Waals surface area (Å²) in [6, 6.07) is 12.8. The molecular formula is C24H27N3O5. The van der Waals surface area contributed by atoms with Crippen LogP contribution >= 0.6 is 0 Å². The fourth-order valence-electron chi connectivity index (χ4n) is 4.21. The molecule has 32 heavy (non-hydrogen) atoms. The maximum absolute atomic E-state index is 12.9. The van der Waals surface area contributed by atoms with E-state index in [1.165, 1.54) is 7.11 Å². The highest BCUT2D eigenvalue weighted by molar-refractivity contribution is 6.03. The summed E-state index contributed by atoms with van der Waals surface area (Å²) in [7, 11) is 3.09. The van der Waals surface area contributed by atoms with Gasteiger partial charge in [-0.2, -0.15) is 0 Å². The highest BCUT2D eigenvalue weighted by Crippen LogP contribution is 2.34. The van der Waals surface area contributed by atoms with Crippen LogP contribution in [0.2, 0.25) is 0 Å². The van der Waals surface area contributed by atoms with Gasteiger partial charge >= 0.3 is 0 Å². The van der Waals surface area contributed by atoms with Crippen LogP contribution in [0.4, 0.5) is 11.4 Å². The van der Waals surface area contributed by atoms with Crippen molar-refractivity contribution in [2.24, 2.45) is 5.92 Å². The van der Waals surface area contributed by atoms with Gasteiger partial charge in [0.25, 0.3) is 0 Å². The maximum atomic E-state index is 12.9. The van der Waals surface area contributed by atoms with E-state index in [2.05, 4.69) is 5.32 Å². The Labute approximate surface area is 187 Å². The van der Waals surface area contributed by atoms with Gasteiger partial charge in [0.05, 0.1) is 20.1 Å². The van der Waals surface area contributed by atoms with E-state index in [-0.39, 0.29) is 24.1 Å². The number of hydrogen-bond donors (Lipinski definition) is 1. The molecule has 2 aliphatic rings. The first kappa shape index (κ1) is 21.7. The van der Waals surface area contributed by atoms with Crippen molar-refractivity contribution in [1.82, 2.24) is 4.90 Å². The van der Waals surface area contributed by atoms with E-state index in [0.717, 1.165) is 18.5 Å². The third-order valence-electron chi connectivity index (χ3n) is 5.91. The van der Waals surface area contributed by atoms with Crippen LogP contribution in [0, 0.1) is 5.92 Å². The minimum absolute atomic E-state index is 0.112. The number of amides is 3. The molecular weight excluding hydrogens is 410 g/mol. The number of likely N-dealkylation sites (tertiary alicyclic amines) is 1. The molecule has 1 N–H and O–H groups in total. The number of nitrogens with zero attached hydrogens (tertiary/aromatic N) is 2. The third-order valence-corrected chi connectivity index (χ3v) is 5.91. The Bertz CT molecular complexity index is 1040. The molecule has 2 heterocycles. The molecule has 2 aromatic carbocycles. The lowest BCUT2D eigenvalue weighted by Gasteiger charge is -2.19.